The molecule has 0 bridgehead atoms. The Labute approximate surface area is 205 Å². The van der Waals surface area contributed by atoms with Gasteiger partial charge < -0.3 is 23.7 Å². The first-order valence-corrected chi connectivity index (χ1v) is 11.8. The number of hydrogen-bond acceptors (Lipinski definition) is 6. The Balaban J connectivity index is 1.36. The van der Waals surface area contributed by atoms with Crippen molar-refractivity contribution in [2.24, 2.45) is 7.05 Å². The summed E-state index contributed by atoms with van der Waals surface area (Å²) >= 11 is 0. The highest BCUT2D eigenvalue weighted by Gasteiger charge is 2.24. The molecule has 1 amide bonds. The monoisotopic (exact) mass is 477 g/mol. The first-order chi connectivity index (χ1) is 17.0. The lowest BCUT2D eigenvalue weighted by atomic mass is 9.95. The first-order valence-electron chi connectivity index (χ1n) is 11.8. The molecule has 0 N–H and O–H groups in total. The normalized spacial score (nSPS) is 17.4. The molecule has 4 rings (SSSR count). The van der Waals surface area contributed by atoms with E-state index in [2.05, 4.69) is 4.98 Å². The molecule has 184 valence electrons. The molecule has 2 atom stereocenters. The summed E-state index contributed by atoms with van der Waals surface area (Å²) in [5.41, 5.74) is 3.51. The van der Waals surface area contributed by atoms with Crippen LogP contribution in [0, 0.1) is 0 Å². The molecule has 0 saturated heterocycles. The van der Waals surface area contributed by atoms with Crippen LogP contribution < -0.4 is 4.74 Å². The van der Waals surface area contributed by atoms with Gasteiger partial charge in [-0.1, -0.05) is 30.3 Å². The minimum Gasteiger partial charge on any atom is -0.490 e. The molecule has 0 unspecified atom stereocenters. The summed E-state index contributed by atoms with van der Waals surface area (Å²) in [4.78, 5) is 29.2. The number of nitrogens with zero attached hydrogens (tertiary/aromatic N) is 3. The Kier molecular flexibility index (Phi) is 8.03. The van der Waals surface area contributed by atoms with Gasteiger partial charge >= 0.3 is 6.09 Å². The summed E-state index contributed by atoms with van der Waals surface area (Å²) in [6, 6.07) is 17.5. The number of aryl methyl sites for hydroxylation is 1. The van der Waals surface area contributed by atoms with Crippen molar-refractivity contribution in [3.05, 3.63) is 72.2 Å². The second-order valence-corrected chi connectivity index (χ2v) is 8.83. The molecular formula is C27H31N3O5. The standard InChI is InChI=1S/C27H31N3O5/c1-29(16-20-7-4-3-5-8-20)27(32)33-17-25-26(28-18-30(25)2)21-11-13-22(14-12-21)35-24-10-6-9-23(15-24)34-19-31/h3-5,7-8,11-14,18-19,23-24H,6,9-10,15-17H2,1-2H3/t23-,24-/m0/s1. The van der Waals surface area contributed by atoms with E-state index in [4.69, 9.17) is 14.2 Å². The predicted molar refractivity (Wildman–Crippen MR) is 131 cm³/mol. The van der Waals surface area contributed by atoms with Crippen LogP contribution in [-0.4, -0.2) is 46.3 Å². The third-order valence-electron chi connectivity index (χ3n) is 6.22. The fourth-order valence-electron chi connectivity index (χ4n) is 4.32. The van der Waals surface area contributed by atoms with Crippen LogP contribution in [0.15, 0.2) is 60.9 Å². The van der Waals surface area contributed by atoms with E-state index >= 15 is 0 Å². The Morgan fingerprint density at radius 2 is 1.86 bits per heavy atom. The van der Waals surface area contributed by atoms with E-state index < -0.39 is 6.09 Å². The second kappa shape index (κ2) is 11.6. The van der Waals surface area contributed by atoms with Gasteiger partial charge in [0.15, 0.2) is 0 Å². The number of imidazole rings is 1. The number of aromatic nitrogens is 2. The largest absolute Gasteiger partial charge is 0.490 e. The van der Waals surface area contributed by atoms with Crippen molar-refractivity contribution >= 4 is 12.6 Å². The minimum absolute atomic E-state index is 0.0252. The molecule has 1 aliphatic carbocycles. The minimum atomic E-state index is -0.394. The van der Waals surface area contributed by atoms with Crippen molar-refractivity contribution in [1.82, 2.24) is 14.5 Å². The van der Waals surface area contributed by atoms with E-state index in [9.17, 15) is 9.59 Å². The van der Waals surface area contributed by atoms with Crippen LogP contribution >= 0.6 is 0 Å². The van der Waals surface area contributed by atoms with E-state index in [1.807, 2.05) is 66.2 Å². The fourth-order valence-corrected chi connectivity index (χ4v) is 4.32. The molecule has 1 aromatic heterocycles. The van der Waals surface area contributed by atoms with Gasteiger partial charge in [0.1, 0.15) is 24.6 Å². The molecule has 35 heavy (non-hydrogen) atoms. The highest BCUT2D eigenvalue weighted by Crippen LogP contribution is 2.28. The van der Waals surface area contributed by atoms with Crippen LogP contribution in [0.1, 0.15) is 36.9 Å². The van der Waals surface area contributed by atoms with Gasteiger partial charge in [-0.05, 0) is 49.1 Å². The Morgan fingerprint density at radius 1 is 1.11 bits per heavy atom. The maximum atomic E-state index is 12.5. The SMILES string of the molecule is CN(Cc1ccccc1)C(=O)OCc1c(-c2ccc(O[C@H]3CCC[C@H](OC=O)C3)cc2)ncn1C. The van der Waals surface area contributed by atoms with Crippen molar-refractivity contribution in [2.75, 3.05) is 7.05 Å². The topological polar surface area (TPSA) is 82.9 Å². The van der Waals surface area contributed by atoms with E-state index in [0.717, 1.165) is 47.5 Å². The highest BCUT2D eigenvalue weighted by atomic mass is 16.6. The van der Waals surface area contributed by atoms with Crippen LogP contribution in [0.2, 0.25) is 0 Å². The van der Waals surface area contributed by atoms with Crippen molar-refractivity contribution in [3.8, 4) is 17.0 Å². The summed E-state index contributed by atoms with van der Waals surface area (Å²) in [6.45, 7) is 1.11. The molecular weight excluding hydrogens is 446 g/mol. The zero-order valence-corrected chi connectivity index (χ0v) is 20.1. The average molecular weight is 478 g/mol. The van der Waals surface area contributed by atoms with Gasteiger partial charge in [-0.3, -0.25) is 4.79 Å². The molecule has 2 aromatic carbocycles. The zero-order chi connectivity index (χ0) is 24.6. The summed E-state index contributed by atoms with van der Waals surface area (Å²) in [7, 11) is 3.60. The Bertz CT molecular complexity index is 1110. The van der Waals surface area contributed by atoms with Crippen LogP contribution in [0.3, 0.4) is 0 Å². The third-order valence-corrected chi connectivity index (χ3v) is 6.22. The third kappa shape index (κ3) is 6.41. The van der Waals surface area contributed by atoms with Gasteiger partial charge in [-0.2, -0.15) is 0 Å². The van der Waals surface area contributed by atoms with E-state index in [1.54, 1.807) is 18.3 Å². The summed E-state index contributed by atoms with van der Waals surface area (Å²) < 4.78 is 18.7. The predicted octanol–water partition coefficient (Wildman–Crippen LogP) is 4.72. The molecule has 0 radical (unpaired) electrons. The van der Waals surface area contributed by atoms with Crippen molar-refractivity contribution in [3.63, 3.8) is 0 Å². The molecule has 1 heterocycles. The number of rotatable bonds is 9. The van der Waals surface area contributed by atoms with Gasteiger partial charge in [-0.15, -0.1) is 0 Å². The number of hydrogen-bond donors (Lipinski definition) is 0. The number of carbonyl (C=O) groups excluding carboxylic acids is 2. The number of carbonyl (C=O) groups is 2. The van der Waals surface area contributed by atoms with E-state index in [0.29, 0.717) is 19.4 Å². The van der Waals surface area contributed by atoms with E-state index in [1.165, 1.54) is 0 Å². The Morgan fingerprint density at radius 3 is 2.60 bits per heavy atom. The van der Waals surface area contributed by atoms with Gasteiger partial charge in [-0.25, -0.2) is 9.78 Å². The molecule has 3 aromatic rings. The zero-order valence-electron chi connectivity index (χ0n) is 20.1. The molecule has 8 nitrogen and oxygen atoms in total. The molecule has 1 fully saturated rings. The van der Waals surface area contributed by atoms with Gasteiger partial charge in [0.25, 0.3) is 6.47 Å². The number of amides is 1. The van der Waals surface area contributed by atoms with Crippen LogP contribution in [0.4, 0.5) is 4.79 Å². The van der Waals surface area contributed by atoms with Crippen molar-refractivity contribution in [2.45, 2.75) is 51.0 Å². The quantitative estimate of drug-likeness (QED) is 0.415. The maximum Gasteiger partial charge on any atom is 0.410 e. The smallest absolute Gasteiger partial charge is 0.410 e. The van der Waals surface area contributed by atoms with Crippen LogP contribution in [-0.2, 0) is 34.5 Å². The molecule has 1 aliphatic rings. The average Bonchev–Trinajstić information content (AvgIpc) is 3.24. The molecule has 0 spiro atoms. The van der Waals surface area contributed by atoms with E-state index in [-0.39, 0.29) is 18.8 Å². The highest BCUT2D eigenvalue weighted by molar-refractivity contribution is 5.68. The van der Waals surface area contributed by atoms with Crippen LogP contribution in [0.5, 0.6) is 5.75 Å². The van der Waals surface area contributed by atoms with Crippen LogP contribution in [0.25, 0.3) is 11.3 Å². The van der Waals surface area contributed by atoms with Crippen molar-refractivity contribution < 1.29 is 23.8 Å². The summed E-state index contributed by atoms with van der Waals surface area (Å²) in [6.07, 6.45) is 4.77. The molecule has 1 saturated carbocycles. The molecule has 8 heteroatoms. The summed E-state index contributed by atoms with van der Waals surface area (Å²) in [5, 5.41) is 0. The van der Waals surface area contributed by atoms with Gasteiger partial charge in [0.05, 0.1) is 17.7 Å². The second-order valence-electron chi connectivity index (χ2n) is 8.83. The lowest BCUT2D eigenvalue weighted by Gasteiger charge is -2.28. The first kappa shape index (κ1) is 24.3. The van der Waals surface area contributed by atoms with Crippen molar-refractivity contribution in [1.29, 1.82) is 0 Å². The lowest BCUT2D eigenvalue weighted by molar-refractivity contribution is -0.136. The number of benzene rings is 2. The van der Waals surface area contributed by atoms with Gasteiger partial charge in [0, 0.05) is 32.6 Å². The maximum absolute atomic E-state index is 12.5. The summed E-state index contributed by atoms with van der Waals surface area (Å²) in [5.74, 6) is 0.761. The number of ether oxygens (including phenoxy) is 3. The Hall–Kier alpha value is -3.81. The fraction of sp³-hybridized carbons (Fsp3) is 0.370. The molecule has 0 aliphatic heterocycles. The van der Waals surface area contributed by atoms with Gasteiger partial charge in [0.2, 0.25) is 0 Å². The lowest BCUT2D eigenvalue weighted by Crippen LogP contribution is -2.29.